The average molecular weight is 657 g/mol. The van der Waals surface area contributed by atoms with Crippen LogP contribution in [0.1, 0.15) is 156 Å². The summed E-state index contributed by atoms with van der Waals surface area (Å²) < 4.78 is 0. The van der Waals surface area contributed by atoms with Crippen LogP contribution in [0.4, 0.5) is 0 Å². The van der Waals surface area contributed by atoms with Gasteiger partial charge >= 0.3 is 0 Å². The van der Waals surface area contributed by atoms with Gasteiger partial charge in [-0.3, -0.25) is 0 Å². The zero-order valence-corrected chi connectivity index (χ0v) is 32.7. The van der Waals surface area contributed by atoms with Crippen molar-refractivity contribution in [2.45, 2.75) is 150 Å². The summed E-state index contributed by atoms with van der Waals surface area (Å²) in [4.78, 5) is 9.01. The molecule has 48 heavy (non-hydrogen) atoms. The Balaban J connectivity index is 2.54. The SMILES string of the molecule is C#Cc1ccc(C#C/C(CCC)=C(/C#Cc2ccc(C#C/C(CCC)=C(/CCCC)[Si](C(C)C)(C(C)C)C(C)C)cn2)CCCC)cn1. The van der Waals surface area contributed by atoms with Crippen molar-refractivity contribution in [3.05, 3.63) is 81.1 Å². The molecule has 254 valence electrons. The van der Waals surface area contributed by atoms with E-state index in [0.29, 0.717) is 22.3 Å². The van der Waals surface area contributed by atoms with Crippen molar-refractivity contribution in [2.24, 2.45) is 0 Å². The Morgan fingerprint density at radius 1 is 0.583 bits per heavy atom. The maximum Gasteiger partial charge on any atom is 0.113 e. The highest BCUT2D eigenvalue weighted by Crippen LogP contribution is 2.49. The van der Waals surface area contributed by atoms with Crippen LogP contribution in [-0.4, -0.2) is 18.0 Å². The van der Waals surface area contributed by atoms with Crippen molar-refractivity contribution in [3.8, 4) is 47.9 Å². The third-order valence-corrected chi connectivity index (χ3v) is 16.7. The fourth-order valence-corrected chi connectivity index (χ4v) is 14.7. The molecule has 0 radical (unpaired) electrons. The molecule has 0 saturated heterocycles. The molecule has 0 aromatic carbocycles. The van der Waals surface area contributed by atoms with Crippen LogP contribution in [0.5, 0.6) is 0 Å². The van der Waals surface area contributed by atoms with E-state index in [0.717, 1.165) is 72.9 Å². The highest BCUT2D eigenvalue weighted by atomic mass is 28.3. The van der Waals surface area contributed by atoms with Crippen LogP contribution >= 0.6 is 0 Å². The normalized spacial score (nSPS) is 12.2. The number of aromatic nitrogens is 2. The van der Waals surface area contributed by atoms with Crippen molar-refractivity contribution in [1.29, 1.82) is 0 Å². The number of hydrogen-bond acceptors (Lipinski definition) is 2. The first kappa shape index (κ1) is 40.4. The number of unbranched alkanes of at least 4 members (excludes halogenated alkanes) is 2. The van der Waals surface area contributed by atoms with Gasteiger partial charge in [-0.25, -0.2) is 9.97 Å². The van der Waals surface area contributed by atoms with Crippen LogP contribution in [0.3, 0.4) is 0 Å². The zero-order valence-electron chi connectivity index (χ0n) is 31.7. The van der Waals surface area contributed by atoms with Crippen LogP contribution in [0.15, 0.2) is 58.6 Å². The molecular weight excluding hydrogens is 597 g/mol. The number of hydrogen-bond donors (Lipinski definition) is 0. The van der Waals surface area contributed by atoms with Crippen molar-refractivity contribution in [1.82, 2.24) is 9.97 Å². The van der Waals surface area contributed by atoms with Gasteiger partial charge in [0.15, 0.2) is 0 Å². The molecule has 2 heterocycles. The van der Waals surface area contributed by atoms with Gasteiger partial charge in [-0.05, 0) is 84.5 Å². The summed E-state index contributed by atoms with van der Waals surface area (Å²) in [7, 11) is -1.80. The monoisotopic (exact) mass is 656 g/mol. The van der Waals surface area contributed by atoms with Crippen molar-refractivity contribution >= 4 is 8.07 Å². The first-order valence-electron chi connectivity index (χ1n) is 18.5. The summed E-state index contributed by atoms with van der Waals surface area (Å²) in [5, 5.41) is 1.73. The van der Waals surface area contributed by atoms with E-state index in [9.17, 15) is 0 Å². The second kappa shape index (κ2) is 21.3. The molecular formula is C45H60N2Si. The molecule has 3 heteroatoms. The molecule has 0 aliphatic carbocycles. The summed E-state index contributed by atoms with van der Waals surface area (Å²) in [6, 6.07) is 7.84. The number of pyridine rings is 2. The molecule has 0 spiro atoms. The van der Waals surface area contributed by atoms with Gasteiger partial charge in [0, 0.05) is 34.7 Å². The molecule has 2 aromatic heterocycles. The molecule has 0 bridgehead atoms. The summed E-state index contributed by atoms with van der Waals surface area (Å²) in [5.74, 6) is 23.3. The first-order chi connectivity index (χ1) is 23.1. The van der Waals surface area contributed by atoms with Gasteiger partial charge in [-0.2, -0.15) is 0 Å². The average Bonchev–Trinajstić information content (AvgIpc) is 3.07. The van der Waals surface area contributed by atoms with Crippen molar-refractivity contribution < 1.29 is 0 Å². The maximum atomic E-state index is 5.46. The number of nitrogens with zero attached hydrogens (tertiary/aromatic N) is 2. The lowest BCUT2D eigenvalue weighted by molar-refractivity contribution is 0.755. The lowest BCUT2D eigenvalue weighted by atomic mass is 9.99. The first-order valence-corrected chi connectivity index (χ1v) is 20.7. The zero-order chi connectivity index (χ0) is 35.5. The van der Waals surface area contributed by atoms with E-state index < -0.39 is 8.07 Å². The topological polar surface area (TPSA) is 25.8 Å². The lowest BCUT2D eigenvalue weighted by Gasteiger charge is -2.46. The summed E-state index contributed by atoms with van der Waals surface area (Å²) in [6.07, 6.45) is 19.8. The minimum atomic E-state index is -1.80. The molecule has 2 nitrogen and oxygen atoms in total. The van der Waals surface area contributed by atoms with Crippen LogP contribution in [0, 0.1) is 47.9 Å². The lowest BCUT2D eigenvalue weighted by Crippen LogP contribution is -2.47. The summed E-state index contributed by atoms with van der Waals surface area (Å²) in [6.45, 7) is 23.8. The van der Waals surface area contributed by atoms with E-state index >= 15 is 0 Å². The quantitative estimate of drug-likeness (QED) is 0.149. The Hall–Kier alpha value is -3.76. The minimum absolute atomic E-state index is 0.616. The highest BCUT2D eigenvalue weighted by molar-refractivity contribution is 6.90. The molecule has 2 rings (SSSR count). The van der Waals surface area contributed by atoms with Gasteiger partial charge in [-0.15, -0.1) is 6.42 Å². The number of allylic oxidation sites excluding steroid dienone is 4. The van der Waals surface area contributed by atoms with E-state index in [1.807, 2.05) is 24.4 Å². The third kappa shape index (κ3) is 11.4. The van der Waals surface area contributed by atoms with Gasteiger partial charge < -0.3 is 0 Å². The van der Waals surface area contributed by atoms with Crippen LogP contribution in [-0.2, 0) is 0 Å². The van der Waals surface area contributed by atoms with E-state index in [1.165, 1.54) is 24.8 Å². The summed E-state index contributed by atoms with van der Waals surface area (Å²) in [5.41, 5.74) is 8.79. The predicted octanol–water partition coefficient (Wildman–Crippen LogP) is 12.0. The second-order valence-electron chi connectivity index (χ2n) is 13.8. The van der Waals surface area contributed by atoms with Crippen LogP contribution in [0.25, 0.3) is 0 Å². The molecule has 0 atom stereocenters. The van der Waals surface area contributed by atoms with E-state index in [1.54, 1.807) is 11.4 Å². The van der Waals surface area contributed by atoms with E-state index in [2.05, 4.69) is 122 Å². The van der Waals surface area contributed by atoms with Crippen LogP contribution in [0.2, 0.25) is 16.6 Å². The summed E-state index contributed by atoms with van der Waals surface area (Å²) >= 11 is 0. The molecule has 0 fully saturated rings. The van der Waals surface area contributed by atoms with Gasteiger partial charge in [0.1, 0.15) is 11.4 Å². The molecule has 0 aliphatic heterocycles. The minimum Gasteiger partial charge on any atom is -0.247 e. The number of terminal acetylenes is 1. The van der Waals surface area contributed by atoms with E-state index in [4.69, 9.17) is 11.4 Å². The Bertz CT molecular complexity index is 1570. The van der Waals surface area contributed by atoms with Gasteiger partial charge in [0.2, 0.25) is 0 Å². The Morgan fingerprint density at radius 2 is 1.04 bits per heavy atom. The smallest absolute Gasteiger partial charge is 0.113 e. The highest BCUT2D eigenvalue weighted by Gasteiger charge is 2.46. The third-order valence-electron chi connectivity index (χ3n) is 9.41. The number of rotatable bonds is 14. The maximum absolute atomic E-state index is 5.46. The molecule has 0 aliphatic rings. The molecule has 0 N–H and O–H groups in total. The standard InChI is InChI=1S/C45H60N2Si/c1-12-17-21-41(40(19-14-3)27-23-38-25-30-43(16-5)46-33-38)29-32-44-31-26-39(34-47-44)24-28-42(20-15-4)45(22-18-13-2)48(35(6)7,36(8)9)37(10)11/h5,25-26,30-31,33-37H,12-15,17-22H2,1-4,6-11H3/b41-40+,45-42-. The second-order valence-corrected chi connectivity index (χ2v) is 19.7. The predicted molar refractivity (Wildman–Crippen MR) is 211 cm³/mol. The van der Waals surface area contributed by atoms with Crippen molar-refractivity contribution in [3.63, 3.8) is 0 Å². The van der Waals surface area contributed by atoms with Gasteiger partial charge in [0.25, 0.3) is 0 Å². The van der Waals surface area contributed by atoms with E-state index in [-0.39, 0.29) is 0 Å². The largest absolute Gasteiger partial charge is 0.247 e. The van der Waals surface area contributed by atoms with Crippen LogP contribution < -0.4 is 0 Å². The molecule has 0 unspecified atom stereocenters. The Kier molecular flexibility index (Phi) is 17.9. The fourth-order valence-electron chi connectivity index (χ4n) is 7.28. The van der Waals surface area contributed by atoms with Crippen molar-refractivity contribution in [2.75, 3.05) is 0 Å². The van der Waals surface area contributed by atoms with Gasteiger partial charge in [-0.1, -0.05) is 142 Å². The molecule has 0 amide bonds. The molecule has 0 saturated carbocycles. The fraction of sp³-hybridized carbons (Fsp3) is 0.511. The Morgan fingerprint density at radius 3 is 1.50 bits per heavy atom. The molecule has 2 aromatic rings. The Labute approximate surface area is 296 Å². The van der Waals surface area contributed by atoms with Gasteiger partial charge in [0.05, 0.1) is 8.07 Å².